The van der Waals surface area contributed by atoms with Crippen LogP contribution in [-0.4, -0.2) is 45.8 Å². The molecule has 118 valence electrons. The Bertz CT molecular complexity index is 457. The molecule has 0 saturated heterocycles. The van der Waals surface area contributed by atoms with Crippen LogP contribution in [-0.2, 0) is 11.3 Å². The number of aromatic amines is 1. The van der Waals surface area contributed by atoms with Crippen molar-refractivity contribution in [2.24, 2.45) is 5.41 Å². The maximum atomic E-state index is 11.9. The SMILES string of the molecule is CN(Cc1cn[nH]c1)C(=O)NCCC(C)(C)CCC(=O)O. The zero-order valence-corrected chi connectivity index (χ0v) is 12.8. The van der Waals surface area contributed by atoms with Gasteiger partial charge in [0.25, 0.3) is 0 Å². The van der Waals surface area contributed by atoms with Crippen molar-refractivity contribution in [3.8, 4) is 0 Å². The Morgan fingerprint density at radius 2 is 2.14 bits per heavy atom. The van der Waals surface area contributed by atoms with Gasteiger partial charge in [-0.1, -0.05) is 13.8 Å². The van der Waals surface area contributed by atoms with E-state index in [1.165, 1.54) is 0 Å². The summed E-state index contributed by atoms with van der Waals surface area (Å²) in [6.07, 6.45) is 4.92. The molecular formula is C14H24N4O3. The van der Waals surface area contributed by atoms with Crippen LogP contribution in [0.1, 0.15) is 38.7 Å². The summed E-state index contributed by atoms with van der Waals surface area (Å²) in [5, 5.41) is 18.1. The summed E-state index contributed by atoms with van der Waals surface area (Å²) in [6, 6.07) is -0.148. The topological polar surface area (TPSA) is 98.3 Å². The van der Waals surface area contributed by atoms with E-state index in [-0.39, 0.29) is 17.9 Å². The number of aliphatic carboxylic acids is 1. The van der Waals surface area contributed by atoms with Gasteiger partial charge in [-0.25, -0.2) is 4.79 Å². The number of rotatable bonds is 8. The number of aromatic nitrogens is 2. The molecule has 0 atom stereocenters. The number of amides is 2. The van der Waals surface area contributed by atoms with E-state index in [0.29, 0.717) is 19.5 Å². The third-order valence-electron chi connectivity index (χ3n) is 3.41. The molecule has 0 bridgehead atoms. The Kier molecular flexibility index (Phi) is 6.20. The fraction of sp³-hybridized carbons (Fsp3) is 0.643. The van der Waals surface area contributed by atoms with E-state index in [9.17, 15) is 9.59 Å². The van der Waals surface area contributed by atoms with E-state index in [4.69, 9.17) is 5.11 Å². The third-order valence-corrected chi connectivity index (χ3v) is 3.41. The first-order valence-corrected chi connectivity index (χ1v) is 6.98. The maximum absolute atomic E-state index is 11.9. The molecule has 1 aromatic heterocycles. The molecule has 0 aliphatic carbocycles. The monoisotopic (exact) mass is 296 g/mol. The second kappa shape index (κ2) is 7.66. The van der Waals surface area contributed by atoms with Crippen molar-refractivity contribution >= 4 is 12.0 Å². The van der Waals surface area contributed by atoms with E-state index < -0.39 is 5.97 Å². The number of carbonyl (C=O) groups excluding carboxylic acids is 1. The van der Waals surface area contributed by atoms with Crippen LogP contribution in [0.4, 0.5) is 4.79 Å². The second-order valence-electron chi connectivity index (χ2n) is 6.00. The summed E-state index contributed by atoms with van der Waals surface area (Å²) in [7, 11) is 1.72. The summed E-state index contributed by atoms with van der Waals surface area (Å²) in [4.78, 5) is 24.1. The lowest BCUT2D eigenvalue weighted by atomic mass is 9.84. The number of carboxylic acids is 1. The van der Waals surface area contributed by atoms with Gasteiger partial charge in [0.2, 0.25) is 0 Å². The molecule has 7 nitrogen and oxygen atoms in total. The average molecular weight is 296 g/mol. The van der Waals surface area contributed by atoms with Gasteiger partial charge in [-0.2, -0.15) is 5.10 Å². The molecule has 0 spiro atoms. The van der Waals surface area contributed by atoms with Gasteiger partial charge < -0.3 is 15.3 Å². The Labute approximate surface area is 124 Å². The molecule has 7 heteroatoms. The van der Waals surface area contributed by atoms with Gasteiger partial charge in [0.1, 0.15) is 0 Å². The smallest absolute Gasteiger partial charge is 0.317 e. The van der Waals surface area contributed by atoms with Crippen LogP contribution in [0.2, 0.25) is 0 Å². The van der Waals surface area contributed by atoms with Crippen LogP contribution in [0.15, 0.2) is 12.4 Å². The lowest BCUT2D eigenvalue weighted by molar-refractivity contribution is -0.137. The van der Waals surface area contributed by atoms with Crippen molar-refractivity contribution in [3.63, 3.8) is 0 Å². The van der Waals surface area contributed by atoms with Gasteiger partial charge in [-0.3, -0.25) is 9.89 Å². The van der Waals surface area contributed by atoms with E-state index >= 15 is 0 Å². The Balaban J connectivity index is 2.27. The highest BCUT2D eigenvalue weighted by atomic mass is 16.4. The fourth-order valence-electron chi connectivity index (χ4n) is 1.92. The minimum absolute atomic E-state index is 0.102. The Morgan fingerprint density at radius 1 is 1.43 bits per heavy atom. The molecule has 2 amide bonds. The number of carboxylic acid groups (broad SMARTS) is 1. The molecule has 0 aromatic carbocycles. The van der Waals surface area contributed by atoms with Crippen molar-refractivity contribution in [1.82, 2.24) is 20.4 Å². The zero-order chi connectivity index (χ0) is 15.9. The summed E-state index contributed by atoms with van der Waals surface area (Å²) in [5.41, 5.74) is 0.837. The van der Waals surface area contributed by atoms with Gasteiger partial charge >= 0.3 is 12.0 Å². The Morgan fingerprint density at radius 3 is 2.71 bits per heavy atom. The first kappa shape index (κ1) is 17.0. The first-order valence-electron chi connectivity index (χ1n) is 6.98. The highest BCUT2D eigenvalue weighted by molar-refractivity contribution is 5.73. The van der Waals surface area contributed by atoms with Crippen molar-refractivity contribution in [3.05, 3.63) is 18.0 Å². The number of H-pyrrole nitrogens is 1. The summed E-state index contributed by atoms with van der Waals surface area (Å²) in [5.74, 6) is -0.785. The highest BCUT2D eigenvalue weighted by Gasteiger charge is 2.19. The minimum atomic E-state index is -0.785. The molecule has 0 aliphatic rings. The molecule has 1 rings (SSSR count). The third kappa shape index (κ3) is 6.78. The zero-order valence-electron chi connectivity index (χ0n) is 12.8. The maximum Gasteiger partial charge on any atom is 0.317 e. The van der Waals surface area contributed by atoms with Gasteiger partial charge in [0, 0.05) is 31.8 Å². The van der Waals surface area contributed by atoms with Gasteiger partial charge in [0.05, 0.1) is 12.7 Å². The van der Waals surface area contributed by atoms with Crippen molar-refractivity contribution in [2.75, 3.05) is 13.6 Å². The highest BCUT2D eigenvalue weighted by Crippen LogP contribution is 2.25. The molecule has 21 heavy (non-hydrogen) atoms. The predicted octanol–water partition coefficient (Wildman–Crippen LogP) is 1.83. The summed E-state index contributed by atoms with van der Waals surface area (Å²) < 4.78 is 0. The standard InChI is InChI=1S/C14H24N4O3/c1-14(2,5-4-12(19)20)6-7-15-13(21)18(3)10-11-8-16-17-9-11/h8-9H,4-7,10H2,1-3H3,(H,15,21)(H,16,17)(H,19,20). The number of hydrogen-bond acceptors (Lipinski definition) is 3. The molecule has 1 aromatic rings. The van der Waals surface area contributed by atoms with Crippen molar-refractivity contribution in [2.45, 2.75) is 39.7 Å². The van der Waals surface area contributed by atoms with E-state index in [1.807, 2.05) is 13.8 Å². The lowest BCUT2D eigenvalue weighted by Gasteiger charge is -2.25. The quantitative estimate of drug-likeness (QED) is 0.681. The largest absolute Gasteiger partial charge is 0.481 e. The van der Waals surface area contributed by atoms with Crippen LogP contribution in [0, 0.1) is 5.41 Å². The van der Waals surface area contributed by atoms with E-state index in [2.05, 4.69) is 15.5 Å². The average Bonchev–Trinajstić information content (AvgIpc) is 2.89. The van der Waals surface area contributed by atoms with Crippen LogP contribution in [0.25, 0.3) is 0 Å². The van der Waals surface area contributed by atoms with E-state index in [0.717, 1.165) is 12.0 Å². The number of carbonyl (C=O) groups is 2. The van der Waals surface area contributed by atoms with Gasteiger partial charge in [-0.05, 0) is 18.3 Å². The number of hydrogen-bond donors (Lipinski definition) is 3. The molecule has 0 fully saturated rings. The predicted molar refractivity (Wildman–Crippen MR) is 78.7 cm³/mol. The van der Waals surface area contributed by atoms with Crippen molar-refractivity contribution in [1.29, 1.82) is 0 Å². The van der Waals surface area contributed by atoms with Crippen molar-refractivity contribution < 1.29 is 14.7 Å². The molecule has 0 aliphatic heterocycles. The molecule has 0 radical (unpaired) electrons. The minimum Gasteiger partial charge on any atom is -0.481 e. The number of nitrogens with zero attached hydrogens (tertiary/aromatic N) is 2. The van der Waals surface area contributed by atoms with Gasteiger partial charge in [-0.15, -0.1) is 0 Å². The summed E-state index contributed by atoms with van der Waals surface area (Å²) >= 11 is 0. The molecule has 3 N–H and O–H groups in total. The van der Waals surface area contributed by atoms with Gasteiger partial charge in [0.15, 0.2) is 0 Å². The number of nitrogens with one attached hydrogen (secondary N) is 2. The molecule has 0 unspecified atom stereocenters. The Hall–Kier alpha value is -2.05. The molecule has 1 heterocycles. The lowest BCUT2D eigenvalue weighted by Crippen LogP contribution is -2.38. The van der Waals surface area contributed by atoms with Crippen LogP contribution >= 0.6 is 0 Å². The normalized spacial score (nSPS) is 11.2. The summed E-state index contributed by atoms with van der Waals surface area (Å²) in [6.45, 7) is 5.04. The van der Waals surface area contributed by atoms with E-state index in [1.54, 1.807) is 24.3 Å². The first-order chi connectivity index (χ1) is 9.80. The second-order valence-corrected chi connectivity index (χ2v) is 6.00. The molecular weight excluding hydrogens is 272 g/mol. The molecule has 0 saturated carbocycles. The van der Waals surface area contributed by atoms with Crippen LogP contribution in [0.5, 0.6) is 0 Å². The van der Waals surface area contributed by atoms with Crippen LogP contribution < -0.4 is 5.32 Å². The fourth-order valence-corrected chi connectivity index (χ4v) is 1.92. The number of urea groups is 1. The van der Waals surface area contributed by atoms with Crippen LogP contribution in [0.3, 0.4) is 0 Å².